The molecule has 0 aliphatic carbocycles. The smallest absolute Gasteiger partial charge is 0.347 e. The molecule has 4 rings (SSSR count). The molecular weight excluding hydrogens is 439 g/mol. The SMILES string of the molecule is COc1ccccc1C(=O)Oc1ccc2c(c1C)O/C(=C\c1c(Cl)cccc1Cl)C2=O. The molecule has 1 aliphatic rings. The Morgan fingerprint density at radius 2 is 1.68 bits per heavy atom. The third-order valence-corrected chi connectivity index (χ3v) is 5.50. The number of carbonyl (C=O) groups is 2. The number of hydrogen-bond acceptors (Lipinski definition) is 5. The van der Waals surface area contributed by atoms with Crippen molar-refractivity contribution in [1.29, 1.82) is 0 Å². The van der Waals surface area contributed by atoms with Crippen LogP contribution in [0.2, 0.25) is 10.0 Å². The van der Waals surface area contributed by atoms with Crippen molar-refractivity contribution in [1.82, 2.24) is 0 Å². The van der Waals surface area contributed by atoms with Gasteiger partial charge in [0.2, 0.25) is 5.78 Å². The highest BCUT2D eigenvalue weighted by Gasteiger charge is 2.31. The molecule has 0 amide bonds. The molecule has 1 aliphatic heterocycles. The standard InChI is InChI=1S/C24H16Cl2O5/c1-13-19(31-24(28)14-6-3-4-9-20(14)29-2)11-10-15-22(27)21(30-23(13)15)12-16-17(25)7-5-8-18(16)26/h3-12H,1-2H3/b21-12-. The van der Waals surface area contributed by atoms with Crippen molar-refractivity contribution in [3.05, 3.63) is 92.7 Å². The average molecular weight is 455 g/mol. The highest BCUT2D eigenvalue weighted by Crippen LogP contribution is 2.40. The first-order valence-corrected chi connectivity index (χ1v) is 10.0. The molecule has 1 heterocycles. The van der Waals surface area contributed by atoms with Gasteiger partial charge in [0, 0.05) is 21.2 Å². The van der Waals surface area contributed by atoms with Crippen LogP contribution in [0.15, 0.2) is 60.4 Å². The van der Waals surface area contributed by atoms with Gasteiger partial charge < -0.3 is 14.2 Å². The molecule has 0 saturated carbocycles. The fourth-order valence-electron chi connectivity index (χ4n) is 3.23. The van der Waals surface area contributed by atoms with Crippen LogP contribution in [0.4, 0.5) is 0 Å². The average Bonchev–Trinajstić information content (AvgIpc) is 3.09. The highest BCUT2D eigenvalue weighted by atomic mass is 35.5. The van der Waals surface area contributed by atoms with Gasteiger partial charge in [0.05, 0.1) is 12.7 Å². The summed E-state index contributed by atoms with van der Waals surface area (Å²) in [5.41, 5.74) is 1.66. The predicted octanol–water partition coefficient (Wildman–Crippen LogP) is 6.15. The van der Waals surface area contributed by atoms with Crippen molar-refractivity contribution in [2.75, 3.05) is 7.11 Å². The maximum Gasteiger partial charge on any atom is 0.347 e. The second-order valence-electron chi connectivity index (χ2n) is 6.73. The number of methoxy groups -OCH3 is 1. The topological polar surface area (TPSA) is 61.8 Å². The lowest BCUT2D eigenvalue weighted by Crippen LogP contribution is -2.11. The summed E-state index contributed by atoms with van der Waals surface area (Å²) in [4.78, 5) is 25.5. The van der Waals surface area contributed by atoms with Gasteiger partial charge in [-0.25, -0.2) is 4.79 Å². The zero-order valence-electron chi connectivity index (χ0n) is 16.6. The van der Waals surface area contributed by atoms with Crippen LogP contribution in [-0.4, -0.2) is 18.9 Å². The quantitative estimate of drug-likeness (QED) is 0.269. The molecule has 0 atom stereocenters. The molecule has 3 aromatic rings. The number of allylic oxidation sites excluding steroid dienone is 1. The van der Waals surface area contributed by atoms with Crippen molar-refractivity contribution in [2.24, 2.45) is 0 Å². The second-order valence-corrected chi connectivity index (χ2v) is 7.54. The van der Waals surface area contributed by atoms with Gasteiger partial charge in [0.1, 0.15) is 22.8 Å². The van der Waals surface area contributed by atoms with E-state index >= 15 is 0 Å². The first-order chi connectivity index (χ1) is 14.9. The van der Waals surface area contributed by atoms with Gasteiger partial charge in [-0.1, -0.05) is 41.4 Å². The fraction of sp³-hybridized carbons (Fsp3) is 0.0833. The lowest BCUT2D eigenvalue weighted by atomic mass is 10.1. The van der Waals surface area contributed by atoms with E-state index in [1.807, 2.05) is 0 Å². The Morgan fingerprint density at radius 1 is 0.968 bits per heavy atom. The van der Waals surface area contributed by atoms with Crippen LogP contribution in [-0.2, 0) is 0 Å². The summed E-state index contributed by atoms with van der Waals surface area (Å²) in [6.07, 6.45) is 1.51. The van der Waals surface area contributed by atoms with Crippen LogP contribution in [0.1, 0.15) is 31.8 Å². The summed E-state index contributed by atoms with van der Waals surface area (Å²) in [5, 5.41) is 0.797. The molecule has 0 radical (unpaired) electrons. The molecule has 31 heavy (non-hydrogen) atoms. The number of benzene rings is 3. The van der Waals surface area contributed by atoms with E-state index in [0.29, 0.717) is 38.2 Å². The molecule has 7 heteroatoms. The molecule has 0 aromatic heterocycles. The number of ketones is 1. The Hall–Kier alpha value is -3.28. The normalized spacial score (nSPS) is 13.7. The number of para-hydroxylation sites is 1. The lowest BCUT2D eigenvalue weighted by molar-refractivity contribution is 0.0729. The van der Waals surface area contributed by atoms with E-state index in [1.54, 1.807) is 61.5 Å². The Balaban J connectivity index is 1.65. The molecule has 0 fully saturated rings. The minimum absolute atomic E-state index is 0.0845. The van der Waals surface area contributed by atoms with Crippen molar-refractivity contribution >= 4 is 41.0 Å². The van der Waals surface area contributed by atoms with E-state index < -0.39 is 5.97 Å². The minimum Gasteiger partial charge on any atom is -0.496 e. The van der Waals surface area contributed by atoms with E-state index in [2.05, 4.69) is 0 Å². The molecule has 0 spiro atoms. The Morgan fingerprint density at radius 3 is 2.39 bits per heavy atom. The maximum absolute atomic E-state index is 12.8. The Bertz CT molecular complexity index is 1230. The zero-order chi connectivity index (χ0) is 22.1. The van der Waals surface area contributed by atoms with Crippen molar-refractivity contribution in [2.45, 2.75) is 6.92 Å². The number of rotatable bonds is 4. The maximum atomic E-state index is 12.8. The summed E-state index contributed by atoms with van der Waals surface area (Å²) in [7, 11) is 1.48. The third kappa shape index (κ3) is 3.90. The molecule has 5 nitrogen and oxygen atoms in total. The highest BCUT2D eigenvalue weighted by molar-refractivity contribution is 6.37. The number of fused-ring (bicyclic) bond motifs is 1. The van der Waals surface area contributed by atoms with E-state index in [4.69, 9.17) is 37.4 Å². The van der Waals surface area contributed by atoms with Gasteiger partial charge in [-0.05, 0) is 49.4 Å². The van der Waals surface area contributed by atoms with Gasteiger partial charge in [-0.15, -0.1) is 0 Å². The van der Waals surface area contributed by atoms with Crippen LogP contribution in [0.3, 0.4) is 0 Å². The molecule has 0 N–H and O–H groups in total. The van der Waals surface area contributed by atoms with Gasteiger partial charge >= 0.3 is 5.97 Å². The molecule has 0 saturated heterocycles. The first-order valence-electron chi connectivity index (χ1n) is 9.27. The second kappa shape index (κ2) is 8.46. The number of Topliss-reactive ketones (excluding diaryl/α,β-unsaturated/α-hetero) is 1. The van der Waals surface area contributed by atoms with Crippen LogP contribution in [0, 0.1) is 6.92 Å². The number of esters is 1. The van der Waals surface area contributed by atoms with Crippen molar-refractivity contribution < 1.29 is 23.8 Å². The third-order valence-electron chi connectivity index (χ3n) is 4.84. The van der Waals surface area contributed by atoms with E-state index in [0.717, 1.165) is 0 Å². The van der Waals surface area contributed by atoms with E-state index in [-0.39, 0.29) is 22.9 Å². The molecular formula is C24H16Cl2O5. The molecule has 3 aromatic carbocycles. The zero-order valence-corrected chi connectivity index (χ0v) is 18.1. The monoisotopic (exact) mass is 454 g/mol. The lowest BCUT2D eigenvalue weighted by Gasteiger charge is -2.11. The minimum atomic E-state index is -0.580. The molecule has 0 bridgehead atoms. The van der Waals surface area contributed by atoms with Gasteiger partial charge in [-0.3, -0.25) is 4.79 Å². The first kappa shape index (κ1) is 21.0. The Kier molecular flexibility index (Phi) is 5.72. The summed E-state index contributed by atoms with van der Waals surface area (Å²) in [6.45, 7) is 1.71. The number of halogens is 2. The van der Waals surface area contributed by atoms with Crippen LogP contribution < -0.4 is 14.2 Å². The largest absolute Gasteiger partial charge is 0.496 e. The molecule has 156 valence electrons. The summed E-state index contributed by atoms with van der Waals surface area (Å²) < 4.78 is 16.6. The van der Waals surface area contributed by atoms with Crippen LogP contribution >= 0.6 is 23.2 Å². The predicted molar refractivity (Wildman–Crippen MR) is 119 cm³/mol. The van der Waals surface area contributed by atoms with Crippen LogP contribution in [0.25, 0.3) is 6.08 Å². The van der Waals surface area contributed by atoms with Gasteiger partial charge in [0.25, 0.3) is 0 Å². The summed E-state index contributed by atoms with van der Waals surface area (Å²) in [5.74, 6) is 0.199. The van der Waals surface area contributed by atoms with E-state index in [1.165, 1.54) is 13.2 Å². The van der Waals surface area contributed by atoms with Crippen molar-refractivity contribution in [3.63, 3.8) is 0 Å². The number of hydrogen-bond donors (Lipinski definition) is 0. The van der Waals surface area contributed by atoms with E-state index in [9.17, 15) is 9.59 Å². The Labute approximate surface area is 188 Å². The van der Waals surface area contributed by atoms with Crippen LogP contribution in [0.5, 0.6) is 17.2 Å². The number of ether oxygens (including phenoxy) is 3. The molecule has 0 unspecified atom stereocenters. The summed E-state index contributed by atoms with van der Waals surface area (Å²) >= 11 is 12.4. The van der Waals surface area contributed by atoms with Gasteiger partial charge in [0.15, 0.2) is 5.76 Å². The fourth-order valence-corrected chi connectivity index (χ4v) is 3.73. The number of carbonyl (C=O) groups excluding carboxylic acids is 2. The van der Waals surface area contributed by atoms with Crippen molar-refractivity contribution in [3.8, 4) is 17.2 Å². The van der Waals surface area contributed by atoms with Gasteiger partial charge in [-0.2, -0.15) is 0 Å². The summed E-state index contributed by atoms with van der Waals surface area (Å²) in [6, 6.07) is 14.9.